The molecule has 0 radical (unpaired) electrons. The van der Waals surface area contributed by atoms with Crippen molar-refractivity contribution in [2.24, 2.45) is 0 Å². The first kappa shape index (κ1) is 122. The number of phenolic OH excluding ortho intramolecular Hbond substituents is 2. The number of ketones is 7. The normalized spacial score (nSPS) is 11.0. The molecule has 139 heavy (non-hydrogen) atoms. The van der Waals surface area contributed by atoms with Crippen LogP contribution in [0.1, 0.15) is 188 Å². The molecule has 0 unspecified atom stereocenters. The zero-order valence-corrected chi connectivity index (χ0v) is 83.4. The molecule has 0 atom stereocenters. The molecule has 0 aliphatic carbocycles. The molecule has 0 spiro atoms. The second-order valence-corrected chi connectivity index (χ2v) is 27.2. The molecule has 13 aromatic rings. The van der Waals surface area contributed by atoms with Crippen molar-refractivity contribution >= 4 is 108 Å². The maximum atomic E-state index is 13.2. The van der Waals surface area contributed by atoms with Gasteiger partial charge in [0.2, 0.25) is 40.6 Å². The van der Waals surface area contributed by atoms with Gasteiger partial charge in [0.25, 0.3) is 0 Å². The van der Waals surface area contributed by atoms with Crippen LogP contribution in [0.2, 0.25) is 0 Å². The summed E-state index contributed by atoms with van der Waals surface area (Å²) in [6, 6.07) is 22.7. The first-order valence-electron chi connectivity index (χ1n) is 39.6. The van der Waals surface area contributed by atoms with E-state index in [1.807, 2.05) is 6.92 Å². The van der Waals surface area contributed by atoms with E-state index in [9.17, 15) is 136 Å². The van der Waals surface area contributed by atoms with Gasteiger partial charge in [0.1, 0.15) is 57.4 Å². The summed E-state index contributed by atoms with van der Waals surface area (Å²) < 4.78 is 292. The number of aromatic hydroxyl groups is 2. The number of rotatable bonds is 18. The number of aryl methyl sites for hydroxylation is 3. The Balaban J connectivity index is 0.00000163. The molecule has 0 saturated carbocycles. The summed E-state index contributed by atoms with van der Waals surface area (Å²) in [6.45, 7) is 9.30. The fourth-order valence-corrected chi connectivity index (χ4v) is 12.0. The van der Waals surface area contributed by atoms with Crippen LogP contribution in [-0.2, 0) is 61.1 Å². The van der Waals surface area contributed by atoms with Crippen LogP contribution in [0.15, 0.2) is 181 Å². The first-order valence-corrected chi connectivity index (χ1v) is 42.7. The number of anilines is 1. The van der Waals surface area contributed by atoms with E-state index in [1.54, 1.807) is 76.0 Å². The molecule has 4 N–H and O–H groups in total. The molecule has 0 fully saturated rings. The van der Waals surface area contributed by atoms with Crippen molar-refractivity contribution in [1.29, 1.82) is 0 Å². The predicted octanol–water partition coefficient (Wildman–Crippen LogP) is 16.1. The molecule has 0 aliphatic heterocycles. The minimum atomic E-state index is -4.79. The summed E-state index contributed by atoms with van der Waals surface area (Å²) in [5, 5.41) is 27.3. The first-order chi connectivity index (χ1) is 65.1. The molecule has 6 aromatic carbocycles. The summed E-state index contributed by atoms with van der Waals surface area (Å²) >= 11 is 8.37. The largest absolute Gasteiger partial charge is 1.00 e. The Hall–Kier alpha value is -11.3. The summed E-state index contributed by atoms with van der Waals surface area (Å²) in [4.78, 5) is 115. The Morgan fingerprint density at radius 1 is 0.432 bits per heavy atom. The van der Waals surface area contributed by atoms with Crippen LogP contribution in [0.25, 0.3) is 17.3 Å². The number of nitrogen functional groups attached to an aromatic ring is 1. The summed E-state index contributed by atoms with van der Waals surface area (Å²) in [6.07, 6.45) is -14.5. The minimum absolute atomic E-state index is 0. The number of aromatic nitrogens is 11. The summed E-state index contributed by atoms with van der Waals surface area (Å²) in [7, 11) is 2.17. The van der Waals surface area contributed by atoms with Crippen molar-refractivity contribution in [3.63, 3.8) is 0 Å². The van der Waals surface area contributed by atoms with Gasteiger partial charge in [-0.05, 0) is 176 Å². The number of ether oxygens (including phenoxy) is 3. The van der Waals surface area contributed by atoms with Crippen molar-refractivity contribution in [3.05, 3.63) is 288 Å². The van der Waals surface area contributed by atoms with Gasteiger partial charge < -0.3 is 36.7 Å². The second-order valence-electron chi connectivity index (χ2n) is 26.4. The van der Waals surface area contributed by atoms with E-state index in [-0.39, 0.29) is 157 Å². The Labute approximate surface area is 849 Å². The Morgan fingerprint density at radius 2 is 0.719 bits per heavy atom. The number of alkyl halides is 20. The van der Waals surface area contributed by atoms with Crippen LogP contribution in [0, 0.1) is 5.82 Å². The molecule has 7 heterocycles. The van der Waals surface area contributed by atoms with Crippen LogP contribution in [0.4, 0.5) is 98.1 Å². The number of halogens is 24. The molecule has 0 amide bonds. The van der Waals surface area contributed by atoms with Gasteiger partial charge in [-0.15, -0.1) is 0 Å². The number of hydrogen-bond acceptors (Lipinski definition) is 22. The molecule has 0 aliphatic rings. The quantitative estimate of drug-likeness (QED) is 0.0311. The molecular weight excluding hydrogens is 2120 g/mol. The van der Waals surface area contributed by atoms with Gasteiger partial charge in [-0.25, -0.2) is 44.3 Å². The zero-order valence-electron chi connectivity index (χ0n) is 77.6. The third kappa shape index (κ3) is 35.2. The van der Waals surface area contributed by atoms with Gasteiger partial charge >= 0.3 is 96.2 Å². The number of methoxy groups -OCH3 is 3. The van der Waals surface area contributed by atoms with Crippen LogP contribution in [-0.4, -0.2) is 147 Å². The molecule has 0 bridgehead atoms. The van der Waals surface area contributed by atoms with Crippen molar-refractivity contribution in [2.45, 2.75) is 111 Å². The number of Topliss-reactive ketones (excluding diaryl/α,β-unsaturated/α-hetero) is 4. The van der Waals surface area contributed by atoms with Crippen molar-refractivity contribution < 1.29 is 219 Å². The number of carbonyl (C=O) groups is 7. The summed E-state index contributed by atoms with van der Waals surface area (Å²) in [5.74, 6) is -6.67. The molecule has 740 valence electrons. The Morgan fingerprint density at radius 3 is 1.04 bits per heavy atom. The second kappa shape index (κ2) is 57.4. The van der Waals surface area contributed by atoms with Crippen LogP contribution in [0.3, 0.4) is 0 Å². The monoisotopic (exact) mass is 2200 g/mol. The van der Waals surface area contributed by atoms with E-state index in [0.29, 0.717) is 84.2 Å². The molecule has 51 heteroatoms. The van der Waals surface area contributed by atoms with Crippen molar-refractivity contribution in [2.75, 3.05) is 48.5 Å². The van der Waals surface area contributed by atoms with Crippen LogP contribution in [0.5, 0.6) is 28.7 Å². The number of nitrogens with two attached hydrogens (primary N) is 1. The molecular formula is C88H80Br3F21N12Na2O13. The fourth-order valence-electron chi connectivity index (χ4n) is 11.5. The standard InChI is InChI=1S/C17H14F3N3O2.C16H11BrF3N3O2.C16H12F3N3O2.C13H13F3O3.C10H9F3O2.C9H6F4O.C4H5N3.2CH3F.CH3O.Br2.2Na.H/c1-3-12-14(23-8-4-7-21-16(23)22-12)15(24)10-5-6-13(25-2)11(9-10)17(18,19)20;1-2-11-12(23-5-3-4-21-15(23)22-11)13(24)8-6-9(16(18,19)20)14(25)10(17)7-8;1-2-11-13(22-7-3-6-20-15(22)21-11)14(24)9-4-5-12(23)10(8-9)16(17,18)19;1-3-9(17)7-11(18)8-4-5-12(19-2)10(6-8)13(14,15)16;1-6(14)7-3-4-9(15-2)8(5-7)10(11,12)13;1-5(14)6-2-3-8(10)7(4-6)9(11,12)13;5-4-6-2-1-3-7-4;4*1-2;;;/h4-9H,3H2,1-2H3;3-7,25H,2H2,1H3;3-8,23H,2H2,1H3;4-6H,3,7H2,1-2H3;3-5H,1-2H3;2-4H,1H3;1-3H,(H2,5,6,7);3*1H3;;;;/q;;;;;;;;;-1;;2*+1;-1/i;;;;;;;2*1D;;;;;. The number of carbonyl (C=O) groups excluding carboxylic acids is 7. The maximum absolute atomic E-state index is 13.2. The number of imidazole rings is 3. The van der Waals surface area contributed by atoms with Crippen molar-refractivity contribution in [3.8, 4) is 28.7 Å². The number of benzene rings is 6. The SMILES string of the molecule is BrBr.CC(=O)c1ccc(F)c(C(F)(F)F)c1.CCC(=O)CC(=O)c1ccc(OC)c(C(F)(F)F)c1.CCc1nc2ncccn2c1C(=O)c1cc(Br)c(O)c(C(F)(F)F)c1.CCc1nc2ncccn2c1C(=O)c1ccc(O)c(C(F)(F)F)c1.CCc1nc2ncccn2c1C(=O)c1ccc(OC)c(C(F)(F)F)c1.COc1ccc(C(C)=O)cc1C(F)(F)F.C[O-].Nc1ncccn1.[2H]CF.[2H]CF.[H-].[Na+].[Na+]. The van der Waals surface area contributed by atoms with Gasteiger partial charge in [0.05, 0.1) is 99.7 Å². The topological polar surface area (TPSA) is 353 Å². The number of phenols is 2. The molecule has 0 saturated heterocycles. The van der Waals surface area contributed by atoms with E-state index in [4.69, 9.17) is 18.3 Å². The number of hydrogen-bond donors (Lipinski definition) is 3. The van der Waals surface area contributed by atoms with E-state index in [2.05, 4.69) is 93.5 Å². The predicted molar refractivity (Wildman–Crippen MR) is 466 cm³/mol. The Kier molecular flexibility index (Phi) is 50.3. The van der Waals surface area contributed by atoms with Gasteiger partial charge in [-0.2, -0.15) is 86.1 Å². The maximum Gasteiger partial charge on any atom is 1.00 e. The Bertz CT molecular complexity index is 6350. The van der Waals surface area contributed by atoms with E-state index >= 15 is 0 Å². The van der Waals surface area contributed by atoms with E-state index in [1.165, 1.54) is 56.9 Å². The average molecular weight is 2200 g/mol. The fraction of sp³-hybridized carbons (Fsp3) is 0.261. The molecule has 25 nitrogen and oxygen atoms in total. The number of nitrogens with zero attached hydrogens (tertiary/aromatic N) is 11. The minimum Gasteiger partial charge on any atom is -1.00 e. The van der Waals surface area contributed by atoms with Gasteiger partial charge in [0, 0.05) is 118 Å². The van der Waals surface area contributed by atoms with Gasteiger partial charge in [-0.1, -0.05) is 27.7 Å². The van der Waals surface area contributed by atoms with Crippen LogP contribution >= 0.6 is 44.2 Å². The molecule has 13 rings (SSSR count). The molecule has 7 aromatic heterocycles. The van der Waals surface area contributed by atoms with E-state index in [0.717, 1.165) is 90.0 Å². The third-order valence-corrected chi connectivity index (χ3v) is 18.4. The van der Waals surface area contributed by atoms with E-state index < -0.39 is 137 Å². The summed E-state index contributed by atoms with van der Waals surface area (Å²) in [5.41, 5.74) is -0.638. The zero-order chi connectivity index (χ0) is 106. The van der Waals surface area contributed by atoms with Crippen LogP contribution < -0.4 is 84.2 Å². The third-order valence-electron chi connectivity index (χ3n) is 17.8. The van der Waals surface area contributed by atoms with Gasteiger partial charge in [0.15, 0.2) is 17.3 Å². The smallest absolute Gasteiger partial charge is 1.00 e. The van der Waals surface area contributed by atoms with Crippen molar-refractivity contribution in [1.82, 2.24) is 53.1 Å². The average Bonchev–Trinajstić information content (AvgIpc) is 1.62. The van der Waals surface area contributed by atoms with Gasteiger partial charge in [-0.3, -0.25) is 55.5 Å². The number of fused-ring (bicyclic) bond motifs is 3.